The normalized spacial score (nSPS) is 0. The zero-order valence-electron chi connectivity index (χ0n) is 2.30. The van der Waals surface area contributed by atoms with Crippen molar-refractivity contribution in [1.82, 2.24) is 0 Å². The van der Waals surface area contributed by atoms with E-state index in [1.165, 1.54) is 0 Å². The van der Waals surface area contributed by atoms with Crippen LogP contribution in [0.3, 0.4) is 0 Å². The van der Waals surface area contributed by atoms with Crippen molar-refractivity contribution < 1.29 is 17.1 Å². The fraction of sp³-hybridized carbons (Fsp3) is 0. The Hall–Kier alpha value is 0.736. The summed E-state index contributed by atoms with van der Waals surface area (Å²) in [5, 5.41) is 0. The van der Waals surface area contributed by atoms with E-state index >= 15 is 0 Å². The molecule has 0 heterocycles. The maximum Gasteiger partial charge on any atom is 2.00 e. The second-order valence-electron chi connectivity index (χ2n) is 0. The average molecular weight is 126 g/mol. The standard InChI is InChI=1S/2CH3.Cu.H4Si/h2*1H3;;1H4/q2*-1;+2;. The van der Waals surface area contributed by atoms with Crippen molar-refractivity contribution in [1.29, 1.82) is 0 Å². The number of rotatable bonds is 0. The minimum atomic E-state index is 0. The van der Waals surface area contributed by atoms with E-state index in [9.17, 15) is 0 Å². The Morgan fingerprint density at radius 3 is 0.750 bits per heavy atom. The molecule has 0 aliphatic rings. The third-order valence-electron chi connectivity index (χ3n) is 0. The van der Waals surface area contributed by atoms with E-state index in [-0.39, 0.29) is 42.9 Å². The quantitative estimate of drug-likeness (QED) is 0.301. The molecule has 0 saturated heterocycles. The molecular weight excluding hydrogens is 116 g/mol. The maximum atomic E-state index is 0. The molecule has 0 spiro atoms. The molecule has 0 aromatic carbocycles. The minimum absolute atomic E-state index is 0. The second kappa shape index (κ2) is 51.6. The Bertz CT molecular complexity index is 6.00. The van der Waals surface area contributed by atoms with Gasteiger partial charge in [-0.2, -0.15) is 0 Å². The van der Waals surface area contributed by atoms with Gasteiger partial charge in [0, 0.05) is 0 Å². The molecule has 0 aromatic heterocycles. The summed E-state index contributed by atoms with van der Waals surface area (Å²) >= 11 is 0. The summed E-state index contributed by atoms with van der Waals surface area (Å²) < 4.78 is 0. The van der Waals surface area contributed by atoms with Crippen molar-refractivity contribution in [3.05, 3.63) is 14.9 Å². The van der Waals surface area contributed by atoms with Gasteiger partial charge in [0.05, 0.1) is 0 Å². The monoisotopic (exact) mass is 125 g/mol. The summed E-state index contributed by atoms with van der Waals surface area (Å²) in [5.41, 5.74) is 0. The zero-order valence-corrected chi connectivity index (χ0v) is 3.24. The van der Waals surface area contributed by atoms with Crippen LogP contribution in [0.4, 0.5) is 0 Å². The third kappa shape index (κ3) is 15.2. The largest absolute Gasteiger partial charge is 2.00 e. The number of hydrogen-bond donors (Lipinski definition) is 0. The van der Waals surface area contributed by atoms with Crippen LogP contribution >= 0.6 is 0 Å². The van der Waals surface area contributed by atoms with Gasteiger partial charge in [-0.1, -0.05) is 0 Å². The summed E-state index contributed by atoms with van der Waals surface area (Å²) in [6.45, 7) is 0. The molecule has 0 unspecified atom stereocenters. The van der Waals surface area contributed by atoms with Crippen molar-refractivity contribution >= 4 is 11.0 Å². The van der Waals surface area contributed by atoms with E-state index in [1.807, 2.05) is 0 Å². The molecule has 0 atom stereocenters. The average Bonchev–Trinajstić information content (AvgIpc) is 0. The van der Waals surface area contributed by atoms with Gasteiger partial charge in [-0.15, -0.1) is 0 Å². The van der Waals surface area contributed by atoms with Gasteiger partial charge in [-0.05, 0) is 11.0 Å². The van der Waals surface area contributed by atoms with Gasteiger partial charge in [0.15, 0.2) is 0 Å². The minimum Gasteiger partial charge on any atom is -0.358 e. The molecule has 4 heavy (non-hydrogen) atoms. The first-order valence-electron chi connectivity index (χ1n) is 0. The van der Waals surface area contributed by atoms with E-state index in [0.29, 0.717) is 0 Å². The van der Waals surface area contributed by atoms with Crippen LogP contribution in [0.5, 0.6) is 0 Å². The van der Waals surface area contributed by atoms with Crippen LogP contribution in [0.15, 0.2) is 0 Å². The first-order chi connectivity index (χ1) is 0. The first-order valence-corrected chi connectivity index (χ1v) is 0. The number of hydrogen-bond acceptors (Lipinski definition) is 0. The van der Waals surface area contributed by atoms with Gasteiger partial charge >= 0.3 is 17.1 Å². The predicted molar refractivity (Wildman–Crippen MR) is 24.2 cm³/mol. The smallest absolute Gasteiger partial charge is 0.358 e. The molecule has 0 N–H and O–H groups in total. The van der Waals surface area contributed by atoms with Crippen LogP contribution < -0.4 is 0 Å². The van der Waals surface area contributed by atoms with Crippen molar-refractivity contribution in [2.24, 2.45) is 0 Å². The summed E-state index contributed by atoms with van der Waals surface area (Å²) in [6, 6.07) is 0. The van der Waals surface area contributed by atoms with Crippen LogP contribution in [-0.4, -0.2) is 11.0 Å². The summed E-state index contributed by atoms with van der Waals surface area (Å²) in [6.07, 6.45) is 0. The van der Waals surface area contributed by atoms with E-state index < -0.39 is 0 Å². The summed E-state index contributed by atoms with van der Waals surface area (Å²) in [4.78, 5) is 0. The molecule has 0 aliphatic carbocycles. The van der Waals surface area contributed by atoms with Crippen molar-refractivity contribution in [3.63, 3.8) is 0 Å². The Morgan fingerprint density at radius 1 is 0.750 bits per heavy atom. The van der Waals surface area contributed by atoms with Gasteiger partial charge in [-0.3, -0.25) is 0 Å². The topological polar surface area (TPSA) is 0 Å². The Labute approximate surface area is 43.5 Å². The molecule has 0 aromatic rings. The molecule has 0 fully saturated rings. The van der Waals surface area contributed by atoms with Gasteiger partial charge in [0.1, 0.15) is 0 Å². The van der Waals surface area contributed by atoms with Crippen molar-refractivity contribution in [2.75, 3.05) is 0 Å². The predicted octanol–water partition coefficient (Wildman–Crippen LogP) is -0.554. The molecule has 0 rings (SSSR count). The van der Waals surface area contributed by atoms with E-state index in [4.69, 9.17) is 0 Å². The Balaban J connectivity index is 0. The maximum absolute atomic E-state index is 0. The van der Waals surface area contributed by atoms with Crippen molar-refractivity contribution in [2.45, 2.75) is 0 Å². The summed E-state index contributed by atoms with van der Waals surface area (Å²) in [7, 11) is 0. The first kappa shape index (κ1) is 122. The zero-order chi connectivity index (χ0) is 0. The molecule has 0 bridgehead atoms. The van der Waals surface area contributed by atoms with Gasteiger partial charge in [0.2, 0.25) is 0 Å². The second-order valence-corrected chi connectivity index (χ2v) is 0. The third-order valence-corrected chi connectivity index (χ3v) is 0. The van der Waals surface area contributed by atoms with Gasteiger partial charge < -0.3 is 14.9 Å². The Kier molecular flexibility index (Phi) is 1570. The van der Waals surface area contributed by atoms with Crippen LogP contribution in [0.2, 0.25) is 0 Å². The van der Waals surface area contributed by atoms with Gasteiger partial charge in [0.25, 0.3) is 0 Å². The summed E-state index contributed by atoms with van der Waals surface area (Å²) in [5.74, 6) is 0. The molecule has 0 saturated carbocycles. The Morgan fingerprint density at radius 2 is 0.750 bits per heavy atom. The molecule has 0 aliphatic heterocycles. The van der Waals surface area contributed by atoms with Crippen LogP contribution in [0.1, 0.15) is 0 Å². The van der Waals surface area contributed by atoms with Crippen LogP contribution in [0.25, 0.3) is 0 Å². The molecule has 2 heteroatoms. The SMILES string of the molecule is [CH3-].[CH3-].[Cu+2].[SiH4]. The van der Waals surface area contributed by atoms with E-state index in [0.717, 1.165) is 0 Å². The molecular formula is C2H10CuSi. The van der Waals surface area contributed by atoms with Gasteiger partial charge in [-0.25, -0.2) is 0 Å². The molecule has 0 amide bonds. The van der Waals surface area contributed by atoms with E-state index in [2.05, 4.69) is 0 Å². The van der Waals surface area contributed by atoms with E-state index in [1.54, 1.807) is 0 Å². The molecule has 33 valence electrons. The fourth-order valence-corrected chi connectivity index (χ4v) is 0. The fourth-order valence-electron chi connectivity index (χ4n) is 0. The van der Waals surface area contributed by atoms with Crippen LogP contribution in [0, 0.1) is 14.9 Å². The molecule has 1 radical (unpaired) electrons. The van der Waals surface area contributed by atoms with Crippen LogP contribution in [-0.2, 0) is 17.1 Å². The molecule has 0 nitrogen and oxygen atoms in total. The van der Waals surface area contributed by atoms with Crippen molar-refractivity contribution in [3.8, 4) is 0 Å².